The topological polar surface area (TPSA) is 99.0 Å². The Morgan fingerprint density at radius 3 is 2.63 bits per heavy atom. The lowest BCUT2D eigenvalue weighted by molar-refractivity contribution is -0.384. The molecule has 2 aliphatic rings. The van der Waals surface area contributed by atoms with Crippen LogP contribution in [0.15, 0.2) is 60.0 Å². The van der Waals surface area contributed by atoms with E-state index < -0.39 is 4.92 Å². The zero-order chi connectivity index (χ0) is 26.8. The van der Waals surface area contributed by atoms with Crippen molar-refractivity contribution in [2.24, 2.45) is 0 Å². The number of nitro groups is 1. The minimum absolute atomic E-state index is 0.0210. The summed E-state index contributed by atoms with van der Waals surface area (Å²) in [5.41, 5.74) is 2.37. The average molecular weight is 538 g/mol. The van der Waals surface area contributed by atoms with E-state index in [-0.39, 0.29) is 42.1 Å². The van der Waals surface area contributed by atoms with Crippen LogP contribution in [0.25, 0.3) is 0 Å². The zero-order valence-electron chi connectivity index (χ0n) is 20.9. The van der Waals surface area contributed by atoms with E-state index in [2.05, 4.69) is 16.3 Å². The largest absolute Gasteiger partial charge is 0.338 e. The van der Waals surface area contributed by atoms with Crippen LogP contribution >= 0.6 is 11.3 Å². The van der Waals surface area contributed by atoms with Crippen molar-refractivity contribution in [3.05, 3.63) is 91.9 Å². The number of nitro benzene ring substituents is 1. The van der Waals surface area contributed by atoms with Gasteiger partial charge in [-0.25, -0.2) is 9.18 Å². The molecule has 1 fully saturated rings. The van der Waals surface area contributed by atoms with Crippen molar-refractivity contribution < 1.29 is 18.9 Å². The first-order valence-corrected chi connectivity index (χ1v) is 13.3. The quantitative estimate of drug-likeness (QED) is 0.382. The molecular formula is C27H28FN5O4S. The second-order valence-electron chi connectivity index (χ2n) is 9.59. The normalized spacial score (nSPS) is 19.6. The summed E-state index contributed by atoms with van der Waals surface area (Å²) in [5, 5.41) is 15.7. The molecule has 0 aliphatic carbocycles. The molecule has 0 radical (unpaired) electrons. The molecular weight excluding hydrogens is 509 g/mol. The molecule has 9 nitrogen and oxygen atoms in total. The molecule has 0 spiro atoms. The number of carbonyl (C=O) groups excluding carboxylic acids is 2. The van der Waals surface area contributed by atoms with E-state index >= 15 is 0 Å². The highest BCUT2D eigenvalue weighted by atomic mass is 32.1. The van der Waals surface area contributed by atoms with Gasteiger partial charge in [0.2, 0.25) is 5.91 Å². The van der Waals surface area contributed by atoms with E-state index in [4.69, 9.17) is 0 Å². The second kappa shape index (κ2) is 10.9. The number of carbonyl (C=O) groups is 2. The van der Waals surface area contributed by atoms with Gasteiger partial charge in [0.05, 0.1) is 17.5 Å². The minimum Gasteiger partial charge on any atom is -0.338 e. The number of rotatable bonds is 5. The second-order valence-corrected chi connectivity index (χ2v) is 10.6. The van der Waals surface area contributed by atoms with Crippen LogP contribution in [0.1, 0.15) is 29.0 Å². The number of hydrogen-bond acceptors (Lipinski definition) is 6. The highest BCUT2D eigenvalue weighted by Gasteiger charge is 2.34. The number of nitrogens with one attached hydrogen (secondary N) is 1. The number of anilines is 1. The molecule has 198 valence electrons. The monoisotopic (exact) mass is 537 g/mol. The van der Waals surface area contributed by atoms with Crippen LogP contribution < -0.4 is 5.32 Å². The molecule has 0 bridgehead atoms. The van der Waals surface area contributed by atoms with Crippen molar-refractivity contribution in [2.75, 3.05) is 38.0 Å². The van der Waals surface area contributed by atoms with Gasteiger partial charge in [0.15, 0.2) is 0 Å². The number of amides is 3. The number of nitrogens with zero attached hydrogens (tertiary/aromatic N) is 4. The molecule has 2 aliphatic heterocycles. The Morgan fingerprint density at radius 2 is 1.92 bits per heavy atom. The van der Waals surface area contributed by atoms with Crippen LogP contribution in [0.4, 0.5) is 20.6 Å². The Hall–Kier alpha value is -3.83. The van der Waals surface area contributed by atoms with Gasteiger partial charge >= 0.3 is 6.03 Å². The Morgan fingerprint density at radius 1 is 1.13 bits per heavy atom. The summed E-state index contributed by atoms with van der Waals surface area (Å²) in [6.07, 6.45) is 0.846. The lowest BCUT2D eigenvalue weighted by Gasteiger charge is -2.41. The predicted molar refractivity (Wildman–Crippen MR) is 143 cm³/mol. The minimum atomic E-state index is -0.493. The number of urea groups is 1. The van der Waals surface area contributed by atoms with E-state index in [1.54, 1.807) is 33.3 Å². The Balaban J connectivity index is 1.22. The van der Waals surface area contributed by atoms with Gasteiger partial charge in [-0.15, -0.1) is 11.3 Å². The molecule has 1 saturated heterocycles. The molecule has 11 heteroatoms. The smallest absolute Gasteiger partial charge is 0.322 e. The molecule has 3 aromatic rings. The fraction of sp³-hybridized carbons (Fsp3) is 0.333. The van der Waals surface area contributed by atoms with Gasteiger partial charge in [0.1, 0.15) is 5.82 Å². The molecule has 0 unspecified atom stereocenters. The predicted octanol–water partition coefficient (Wildman–Crippen LogP) is 4.51. The van der Waals surface area contributed by atoms with Crippen LogP contribution in [0.5, 0.6) is 0 Å². The summed E-state index contributed by atoms with van der Waals surface area (Å²) in [4.78, 5) is 43.4. The first-order chi connectivity index (χ1) is 18.3. The molecule has 2 atom stereocenters. The van der Waals surface area contributed by atoms with Crippen LogP contribution in [0.2, 0.25) is 0 Å². The molecule has 2 aromatic carbocycles. The van der Waals surface area contributed by atoms with Crippen LogP contribution in [-0.2, 0) is 11.2 Å². The SMILES string of the molecule is C[C@@H]1CN(C(=O)CN2CCc3sccc3[C@H]2c2cccc(F)c2)CCN1C(=O)Nc1ccc([N+](=O)[O-])cc1. The van der Waals surface area contributed by atoms with Gasteiger partial charge in [-0.3, -0.25) is 19.8 Å². The summed E-state index contributed by atoms with van der Waals surface area (Å²) >= 11 is 1.69. The third-order valence-electron chi connectivity index (χ3n) is 7.14. The van der Waals surface area contributed by atoms with E-state index in [1.165, 1.54) is 35.2 Å². The highest BCUT2D eigenvalue weighted by molar-refractivity contribution is 7.10. The standard InChI is InChI=1S/C27H28FN5O4S/c1-18-16-30(12-13-32(18)27(35)29-21-5-7-22(8-6-21)33(36)37)25(34)17-31-11-9-24-23(10-14-38-24)26(31)19-3-2-4-20(28)15-19/h2-8,10,14-15,18,26H,9,11-13,16-17H2,1H3,(H,29,35)/t18-,26-/m1/s1. The average Bonchev–Trinajstić information content (AvgIpc) is 3.37. The fourth-order valence-electron chi connectivity index (χ4n) is 5.23. The van der Waals surface area contributed by atoms with Crippen molar-refractivity contribution in [3.8, 4) is 0 Å². The summed E-state index contributed by atoms with van der Waals surface area (Å²) in [6.45, 7) is 3.97. The summed E-state index contributed by atoms with van der Waals surface area (Å²) < 4.78 is 14.1. The number of fused-ring (bicyclic) bond motifs is 1. The first-order valence-electron chi connectivity index (χ1n) is 12.5. The third-order valence-corrected chi connectivity index (χ3v) is 8.14. The zero-order valence-corrected chi connectivity index (χ0v) is 21.7. The van der Waals surface area contributed by atoms with Crippen LogP contribution in [0.3, 0.4) is 0 Å². The van der Waals surface area contributed by atoms with Crippen molar-refractivity contribution in [2.45, 2.75) is 25.4 Å². The van der Waals surface area contributed by atoms with Gasteiger partial charge in [-0.2, -0.15) is 0 Å². The Labute approximate surface area is 223 Å². The lowest BCUT2D eigenvalue weighted by atomic mass is 9.93. The molecule has 1 aromatic heterocycles. The maximum Gasteiger partial charge on any atom is 0.322 e. The number of benzene rings is 2. The summed E-state index contributed by atoms with van der Waals surface area (Å²) in [6, 6.07) is 13.6. The maximum absolute atomic E-state index is 14.1. The van der Waals surface area contributed by atoms with Crippen molar-refractivity contribution in [1.29, 1.82) is 0 Å². The number of hydrogen-bond donors (Lipinski definition) is 1. The van der Waals surface area contributed by atoms with Crippen molar-refractivity contribution >= 4 is 34.6 Å². The summed E-state index contributed by atoms with van der Waals surface area (Å²) in [5.74, 6) is -0.319. The van der Waals surface area contributed by atoms with Gasteiger partial charge < -0.3 is 15.1 Å². The van der Waals surface area contributed by atoms with Crippen LogP contribution in [0, 0.1) is 15.9 Å². The Bertz CT molecular complexity index is 1350. The van der Waals surface area contributed by atoms with Gasteiger partial charge in [-0.1, -0.05) is 12.1 Å². The number of piperazine rings is 1. The summed E-state index contributed by atoms with van der Waals surface area (Å²) in [7, 11) is 0. The molecule has 3 heterocycles. The van der Waals surface area contributed by atoms with Gasteiger partial charge in [0, 0.05) is 54.9 Å². The fourth-order valence-corrected chi connectivity index (χ4v) is 6.13. The van der Waals surface area contributed by atoms with E-state index in [0.29, 0.717) is 31.9 Å². The molecule has 0 saturated carbocycles. The number of halogens is 1. The lowest BCUT2D eigenvalue weighted by Crippen LogP contribution is -2.58. The van der Waals surface area contributed by atoms with Gasteiger partial charge in [-0.05, 0) is 60.2 Å². The Kier molecular flexibility index (Phi) is 7.39. The molecule has 3 amide bonds. The third kappa shape index (κ3) is 5.39. The highest BCUT2D eigenvalue weighted by Crippen LogP contribution is 2.37. The molecule has 5 rings (SSSR count). The number of non-ortho nitro benzene ring substituents is 1. The number of thiophene rings is 1. The first kappa shape index (κ1) is 25.8. The van der Waals surface area contributed by atoms with Crippen molar-refractivity contribution in [1.82, 2.24) is 14.7 Å². The van der Waals surface area contributed by atoms with E-state index in [9.17, 15) is 24.1 Å². The molecule has 38 heavy (non-hydrogen) atoms. The van der Waals surface area contributed by atoms with Crippen molar-refractivity contribution in [3.63, 3.8) is 0 Å². The molecule has 1 N–H and O–H groups in total. The van der Waals surface area contributed by atoms with E-state index in [0.717, 1.165) is 17.5 Å². The van der Waals surface area contributed by atoms with Gasteiger partial charge in [0.25, 0.3) is 5.69 Å². The maximum atomic E-state index is 14.1. The van der Waals surface area contributed by atoms with Crippen LogP contribution in [-0.4, -0.2) is 70.3 Å². The van der Waals surface area contributed by atoms with E-state index in [1.807, 2.05) is 18.4 Å².